The Kier molecular flexibility index (Phi) is 5.98. The maximum Gasteiger partial charge on any atom is 0.269 e. The Balaban J connectivity index is 1.52. The highest BCUT2D eigenvalue weighted by atomic mass is 32.2. The number of benzene rings is 2. The molecule has 33 heavy (non-hydrogen) atoms. The molecule has 2 aromatic rings. The molecule has 10 heteroatoms. The van der Waals surface area contributed by atoms with Gasteiger partial charge in [0.25, 0.3) is 21.8 Å². The van der Waals surface area contributed by atoms with Crippen molar-refractivity contribution >= 4 is 33.4 Å². The van der Waals surface area contributed by atoms with Gasteiger partial charge >= 0.3 is 0 Å². The van der Waals surface area contributed by atoms with Crippen LogP contribution in [0.4, 0.5) is 5.69 Å². The highest BCUT2D eigenvalue weighted by Crippen LogP contribution is 2.32. The van der Waals surface area contributed by atoms with Crippen LogP contribution in [0, 0.1) is 0 Å². The van der Waals surface area contributed by atoms with Gasteiger partial charge < -0.3 is 11.1 Å². The van der Waals surface area contributed by atoms with Gasteiger partial charge in [0.2, 0.25) is 5.91 Å². The summed E-state index contributed by atoms with van der Waals surface area (Å²) in [5, 5.41) is 2.78. The van der Waals surface area contributed by atoms with E-state index in [9.17, 15) is 22.8 Å². The molecule has 1 unspecified atom stereocenters. The topological polar surface area (TPSA) is 130 Å². The maximum absolute atomic E-state index is 12.8. The fraction of sp³-hybridized carbons (Fsp3) is 0.348. The highest BCUT2D eigenvalue weighted by molar-refractivity contribution is 7.90. The van der Waals surface area contributed by atoms with Gasteiger partial charge in [-0.1, -0.05) is 12.1 Å². The van der Waals surface area contributed by atoms with E-state index in [-0.39, 0.29) is 28.0 Å². The minimum atomic E-state index is -4.00. The third kappa shape index (κ3) is 4.23. The molecule has 1 fully saturated rings. The van der Waals surface area contributed by atoms with Crippen molar-refractivity contribution in [3.05, 3.63) is 59.2 Å². The highest BCUT2D eigenvalue weighted by Gasteiger charge is 2.43. The van der Waals surface area contributed by atoms with Crippen LogP contribution in [0.25, 0.3) is 0 Å². The Hall–Kier alpha value is -3.24. The van der Waals surface area contributed by atoms with Gasteiger partial charge in [-0.15, -0.1) is 0 Å². The molecule has 2 aliphatic rings. The number of rotatable bonds is 6. The zero-order chi connectivity index (χ0) is 23.9. The van der Waals surface area contributed by atoms with Gasteiger partial charge in [0.15, 0.2) is 0 Å². The number of likely N-dealkylation sites (tertiary alicyclic amines) is 1. The first kappa shape index (κ1) is 22.9. The van der Waals surface area contributed by atoms with Gasteiger partial charge in [-0.3, -0.25) is 19.3 Å². The number of carbonyl (C=O) groups excluding carboxylic acids is 3. The first-order chi connectivity index (χ1) is 15.6. The first-order valence-electron chi connectivity index (χ1n) is 10.8. The number of nitrogens with two attached hydrogens (primary N) is 1. The van der Waals surface area contributed by atoms with Gasteiger partial charge in [-0.2, -0.15) is 0 Å². The predicted molar refractivity (Wildman–Crippen MR) is 122 cm³/mol. The van der Waals surface area contributed by atoms with E-state index in [2.05, 4.69) is 5.32 Å². The number of anilines is 1. The van der Waals surface area contributed by atoms with Crippen LogP contribution in [0.2, 0.25) is 0 Å². The normalized spacial score (nSPS) is 19.7. The molecule has 0 saturated carbocycles. The molecule has 0 aliphatic carbocycles. The molecule has 0 bridgehead atoms. The number of carbonyl (C=O) groups is 3. The average molecular weight is 471 g/mol. The molecular weight excluding hydrogens is 444 g/mol. The van der Waals surface area contributed by atoms with Crippen molar-refractivity contribution in [3.8, 4) is 0 Å². The van der Waals surface area contributed by atoms with E-state index in [1.165, 1.54) is 18.2 Å². The quantitative estimate of drug-likeness (QED) is 0.664. The zero-order valence-electron chi connectivity index (χ0n) is 18.4. The third-order valence-electron chi connectivity index (χ3n) is 5.94. The van der Waals surface area contributed by atoms with E-state index in [1.54, 1.807) is 26.0 Å². The monoisotopic (exact) mass is 470 g/mol. The van der Waals surface area contributed by atoms with Crippen molar-refractivity contribution in [1.29, 1.82) is 0 Å². The van der Waals surface area contributed by atoms with Crippen LogP contribution in [0.3, 0.4) is 0 Å². The number of nitrogens with one attached hydrogen (secondary N) is 1. The molecule has 3 amide bonds. The summed E-state index contributed by atoms with van der Waals surface area (Å²) in [5.41, 5.74) is 7.14. The molecule has 2 heterocycles. The molecule has 1 saturated heterocycles. The van der Waals surface area contributed by atoms with E-state index >= 15 is 0 Å². The van der Waals surface area contributed by atoms with Crippen molar-refractivity contribution in [2.45, 2.75) is 50.2 Å². The second kappa shape index (κ2) is 8.60. The summed E-state index contributed by atoms with van der Waals surface area (Å²) in [4.78, 5) is 38.8. The van der Waals surface area contributed by atoms with Crippen molar-refractivity contribution < 1.29 is 22.8 Å². The Morgan fingerprint density at radius 1 is 1.18 bits per heavy atom. The van der Waals surface area contributed by atoms with Crippen LogP contribution >= 0.6 is 0 Å². The number of hydrogen-bond acceptors (Lipinski definition) is 6. The predicted octanol–water partition coefficient (Wildman–Crippen LogP) is 1.94. The van der Waals surface area contributed by atoms with Crippen molar-refractivity contribution in [3.63, 3.8) is 0 Å². The SMILES string of the molecule is CC(C)N1C(=O)c2ccc(C(=O)Nc3cccc(CN4CCCC4C(N)=O)c3)cc2S1(=O)=O. The fourth-order valence-electron chi connectivity index (χ4n) is 4.42. The standard InChI is InChI=1S/C23H26N4O5S/c1-14(2)27-23(30)18-9-8-16(12-20(18)33(27,31)32)22(29)25-17-6-3-5-15(11-17)13-26-10-4-7-19(26)21(24)28/h3,5-6,8-9,11-12,14,19H,4,7,10,13H2,1-2H3,(H2,24,28)(H,25,29). The van der Waals surface area contributed by atoms with Gasteiger partial charge in [0, 0.05) is 23.8 Å². The molecule has 0 radical (unpaired) electrons. The zero-order valence-corrected chi connectivity index (χ0v) is 19.3. The van der Waals surface area contributed by atoms with Crippen LogP contribution in [0.1, 0.15) is 53.0 Å². The minimum absolute atomic E-state index is 0.0665. The number of nitrogens with zero attached hydrogens (tertiary/aromatic N) is 2. The average Bonchev–Trinajstić information content (AvgIpc) is 3.28. The van der Waals surface area contributed by atoms with Gasteiger partial charge in [0.1, 0.15) is 4.90 Å². The van der Waals surface area contributed by atoms with Gasteiger partial charge in [-0.25, -0.2) is 12.7 Å². The van der Waals surface area contributed by atoms with Crippen LogP contribution in [-0.2, 0) is 21.4 Å². The lowest BCUT2D eigenvalue weighted by Crippen LogP contribution is -2.39. The molecule has 0 aromatic heterocycles. The van der Waals surface area contributed by atoms with Crippen LogP contribution in [0.5, 0.6) is 0 Å². The van der Waals surface area contributed by atoms with Crippen LogP contribution in [-0.4, -0.2) is 54.0 Å². The molecule has 174 valence electrons. The number of amides is 3. The molecule has 1 atom stereocenters. The summed E-state index contributed by atoms with van der Waals surface area (Å²) in [6, 6.07) is 10.5. The van der Waals surface area contributed by atoms with Gasteiger partial charge in [-0.05, 0) is 69.1 Å². The fourth-order valence-corrected chi connectivity index (χ4v) is 6.22. The number of fused-ring (bicyclic) bond motifs is 1. The summed E-state index contributed by atoms with van der Waals surface area (Å²) in [7, 11) is -4.00. The number of sulfonamides is 1. The molecule has 0 spiro atoms. The smallest absolute Gasteiger partial charge is 0.269 e. The van der Waals surface area contributed by atoms with Crippen molar-refractivity contribution in [2.24, 2.45) is 5.73 Å². The lowest BCUT2D eigenvalue weighted by Gasteiger charge is -2.22. The lowest BCUT2D eigenvalue weighted by atomic mass is 10.1. The largest absolute Gasteiger partial charge is 0.368 e. The van der Waals surface area contributed by atoms with E-state index in [4.69, 9.17) is 5.73 Å². The second-order valence-corrected chi connectivity index (χ2v) is 10.4. The number of hydrogen-bond donors (Lipinski definition) is 2. The van der Waals surface area contributed by atoms with E-state index < -0.39 is 27.9 Å². The molecular formula is C23H26N4O5S. The Bertz CT molecular complexity index is 1240. The maximum atomic E-state index is 12.8. The Morgan fingerprint density at radius 2 is 1.94 bits per heavy atom. The van der Waals surface area contributed by atoms with Crippen molar-refractivity contribution in [2.75, 3.05) is 11.9 Å². The lowest BCUT2D eigenvalue weighted by molar-refractivity contribution is -0.122. The Labute approximate surface area is 192 Å². The first-order valence-corrected chi connectivity index (χ1v) is 12.2. The van der Waals surface area contributed by atoms with E-state index in [1.807, 2.05) is 17.0 Å². The van der Waals surface area contributed by atoms with Crippen LogP contribution in [0.15, 0.2) is 47.4 Å². The molecule has 2 aliphatic heterocycles. The summed E-state index contributed by atoms with van der Waals surface area (Å²) >= 11 is 0. The summed E-state index contributed by atoms with van der Waals surface area (Å²) in [5.74, 6) is -1.41. The number of primary amides is 1. The van der Waals surface area contributed by atoms with Crippen LogP contribution < -0.4 is 11.1 Å². The van der Waals surface area contributed by atoms with E-state index in [0.717, 1.165) is 29.3 Å². The summed E-state index contributed by atoms with van der Waals surface area (Å²) in [6.45, 7) is 4.55. The molecule has 4 rings (SSSR count). The molecule has 9 nitrogen and oxygen atoms in total. The van der Waals surface area contributed by atoms with E-state index in [0.29, 0.717) is 12.2 Å². The van der Waals surface area contributed by atoms with Gasteiger partial charge in [0.05, 0.1) is 11.6 Å². The minimum Gasteiger partial charge on any atom is -0.368 e. The van der Waals surface area contributed by atoms with Crippen molar-refractivity contribution in [1.82, 2.24) is 9.21 Å². The Morgan fingerprint density at radius 3 is 2.64 bits per heavy atom. The molecule has 3 N–H and O–H groups in total. The molecule has 2 aromatic carbocycles. The second-order valence-electron chi connectivity index (χ2n) is 8.60. The summed E-state index contributed by atoms with van der Waals surface area (Å²) < 4.78 is 26.4. The third-order valence-corrected chi connectivity index (χ3v) is 7.94. The summed E-state index contributed by atoms with van der Waals surface area (Å²) in [6.07, 6.45) is 1.64.